The summed E-state index contributed by atoms with van der Waals surface area (Å²) in [7, 11) is 0. The van der Waals surface area contributed by atoms with E-state index < -0.39 is 0 Å². The molecule has 3 N–H and O–H groups in total. The lowest BCUT2D eigenvalue weighted by molar-refractivity contribution is -0.132. The minimum Gasteiger partial charge on any atom is -0.348 e. The highest BCUT2D eigenvalue weighted by molar-refractivity contribution is 7.13. The van der Waals surface area contributed by atoms with Crippen LogP contribution in [-0.2, 0) is 4.79 Å². The van der Waals surface area contributed by atoms with Gasteiger partial charge in [0.25, 0.3) is 5.91 Å². The van der Waals surface area contributed by atoms with E-state index in [-0.39, 0.29) is 30.3 Å². The molecule has 1 aromatic heterocycles. The second-order valence-electron chi connectivity index (χ2n) is 6.49. The molecule has 0 bridgehead atoms. The lowest BCUT2D eigenvalue weighted by atomic mass is 10.0. The van der Waals surface area contributed by atoms with Gasteiger partial charge in [-0.3, -0.25) is 9.59 Å². The molecule has 25 heavy (non-hydrogen) atoms. The molecule has 0 saturated carbocycles. The molecule has 0 unspecified atom stereocenters. The van der Waals surface area contributed by atoms with Crippen molar-refractivity contribution in [2.45, 2.75) is 57.9 Å². The summed E-state index contributed by atoms with van der Waals surface area (Å²) in [6, 6.07) is 4.01. The monoisotopic (exact) mass is 387 g/mol. The van der Waals surface area contributed by atoms with E-state index in [0.29, 0.717) is 6.42 Å². The van der Waals surface area contributed by atoms with E-state index in [0.717, 1.165) is 67.9 Å². The molecule has 0 aliphatic carbocycles. The van der Waals surface area contributed by atoms with Crippen molar-refractivity contribution >= 4 is 35.6 Å². The van der Waals surface area contributed by atoms with Gasteiger partial charge in [0.2, 0.25) is 5.91 Å². The number of thiophene rings is 1. The van der Waals surface area contributed by atoms with Gasteiger partial charge in [0.05, 0.1) is 4.88 Å². The molecule has 0 radical (unpaired) electrons. The van der Waals surface area contributed by atoms with Gasteiger partial charge >= 0.3 is 0 Å². The maximum absolute atomic E-state index is 12.2. The highest BCUT2D eigenvalue weighted by Gasteiger charge is 2.24. The quantitative estimate of drug-likeness (QED) is 0.673. The fourth-order valence-electron chi connectivity index (χ4n) is 3.02. The molecule has 2 amide bonds. The largest absolute Gasteiger partial charge is 0.348 e. The van der Waals surface area contributed by atoms with Gasteiger partial charge in [0.1, 0.15) is 0 Å². The van der Waals surface area contributed by atoms with Crippen molar-refractivity contribution in [2.75, 3.05) is 19.6 Å². The van der Waals surface area contributed by atoms with Crippen molar-refractivity contribution in [3.63, 3.8) is 0 Å². The smallest absolute Gasteiger partial charge is 0.261 e. The molecular formula is C18H30ClN3O2S. The normalized spacial score (nSPS) is 14.9. The summed E-state index contributed by atoms with van der Waals surface area (Å²) in [5.74, 6) is 0.263. The Kier molecular flexibility index (Phi) is 10.1. The molecule has 0 aromatic carbocycles. The zero-order chi connectivity index (χ0) is 17.4. The molecule has 2 rings (SSSR count). The second kappa shape index (κ2) is 11.5. The molecule has 7 heteroatoms. The Morgan fingerprint density at radius 1 is 1.20 bits per heavy atom. The maximum Gasteiger partial charge on any atom is 0.261 e. The number of nitrogens with zero attached hydrogens (tertiary/aromatic N) is 1. The van der Waals surface area contributed by atoms with Crippen molar-refractivity contribution in [1.29, 1.82) is 0 Å². The van der Waals surface area contributed by atoms with E-state index in [1.54, 1.807) is 0 Å². The van der Waals surface area contributed by atoms with Gasteiger partial charge in [-0.05, 0) is 51.3 Å². The molecule has 2 heterocycles. The van der Waals surface area contributed by atoms with Crippen molar-refractivity contribution in [3.05, 3.63) is 21.9 Å². The fraction of sp³-hybridized carbons (Fsp3) is 0.667. The van der Waals surface area contributed by atoms with Gasteiger partial charge in [0.15, 0.2) is 0 Å². The number of rotatable bonds is 8. The SMILES string of the molecule is Cc1ccc(C(=O)NC2CCN(C(=O)CCCCCCN)CC2)s1.Cl. The lowest BCUT2D eigenvalue weighted by Crippen LogP contribution is -2.46. The number of nitrogens with two attached hydrogens (primary N) is 1. The van der Waals surface area contributed by atoms with Gasteiger partial charge in [-0.25, -0.2) is 0 Å². The highest BCUT2D eigenvalue weighted by atomic mass is 35.5. The molecule has 1 saturated heterocycles. The summed E-state index contributed by atoms with van der Waals surface area (Å²) in [5.41, 5.74) is 5.47. The van der Waals surface area contributed by atoms with Crippen LogP contribution in [0.25, 0.3) is 0 Å². The number of unbranched alkanes of at least 4 members (excludes halogenated alkanes) is 3. The third kappa shape index (κ3) is 7.34. The van der Waals surface area contributed by atoms with Crippen LogP contribution in [0.4, 0.5) is 0 Å². The maximum atomic E-state index is 12.2. The Morgan fingerprint density at radius 3 is 2.48 bits per heavy atom. The minimum atomic E-state index is 0. The van der Waals surface area contributed by atoms with Crippen LogP contribution in [0.15, 0.2) is 12.1 Å². The molecule has 142 valence electrons. The van der Waals surface area contributed by atoms with E-state index >= 15 is 0 Å². The van der Waals surface area contributed by atoms with Gasteiger partial charge in [-0.2, -0.15) is 0 Å². The van der Waals surface area contributed by atoms with Crippen molar-refractivity contribution < 1.29 is 9.59 Å². The summed E-state index contributed by atoms with van der Waals surface area (Å²) >= 11 is 1.52. The number of halogens is 1. The average Bonchev–Trinajstić information content (AvgIpc) is 3.02. The van der Waals surface area contributed by atoms with Crippen LogP contribution < -0.4 is 11.1 Å². The Balaban J connectivity index is 0.00000312. The second-order valence-corrected chi connectivity index (χ2v) is 7.78. The summed E-state index contributed by atoms with van der Waals surface area (Å²) in [6.07, 6.45) is 6.51. The number of hydrogen-bond acceptors (Lipinski definition) is 4. The van der Waals surface area contributed by atoms with Crippen molar-refractivity contribution in [1.82, 2.24) is 10.2 Å². The molecule has 1 aromatic rings. The number of nitrogens with one attached hydrogen (secondary N) is 1. The summed E-state index contributed by atoms with van der Waals surface area (Å²) < 4.78 is 0. The van der Waals surface area contributed by atoms with Gasteiger partial charge in [-0.1, -0.05) is 12.8 Å². The van der Waals surface area contributed by atoms with Crippen LogP contribution in [0.1, 0.15) is 59.5 Å². The minimum absolute atomic E-state index is 0. The van der Waals surface area contributed by atoms with Crippen LogP contribution in [0, 0.1) is 6.92 Å². The first-order valence-corrected chi connectivity index (χ1v) is 9.77. The van der Waals surface area contributed by atoms with Gasteiger partial charge in [-0.15, -0.1) is 23.7 Å². The predicted octanol–water partition coefficient (Wildman–Crippen LogP) is 3.11. The third-order valence-corrected chi connectivity index (χ3v) is 5.49. The van der Waals surface area contributed by atoms with Gasteiger partial charge in [0, 0.05) is 30.4 Å². The third-order valence-electron chi connectivity index (χ3n) is 4.49. The average molecular weight is 388 g/mol. The molecular weight excluding hydrogens is 358 g/mol. The van der Waals surface area contributed by atoms with Crippen LogP contribution >= 0.6 is 23.7 Å². The van der Waals surface area contributed by atoms with Crippen LogP contribution in [-0.4, -0.2) is 42.4 Å². The predicted molar refractivity (Wildman–Crippen MR) is 106 cm³/mol. The fourth-order valence-corrected chi connectivity index (χ4v) is 3.79. The number of carbonyl (C=O) groups excluding carboxylic acids is 2. The molecule has 1 aliphatic heterocycles. The molecule has 1 fully saturated rings. The first kappa shape index (κ1) is 21.9. The van der Waals surface area contributed by atoms with E-state index in [1.165, 1.54) is 11.3 Å². The Hall–Kier alpha value is -1.11. The van der Waals surface area contributed by atoms with Crippen molar-refractivity contribution in [2.24, 2.45) is 5.73 Å². The molecule has 1 aliphatic rings. The van der Waals surface area contributed by atoms with Crippen LogP contribution in [0.5, 0.6) is 0 Å². The van der Waals surface area contributed by atoms with E-state index in [9.17, 15) is 9.59 Å². The topological polar surface area (TPSA) is 75.4 Å². The zero-order valence-electron chi connectivity index (χ0n) is 15.0. The standard InChI is InChI=1S/C18H29N3O2S.ClH/c1-14-7-8-16(24-14)18(23)20-15-9-12-21(13-10-15)17(22)6-4-2-3-5-11-19;/h7-8,15H,2-6,9-13,19H2,1H3,(H,20,23);1H. The number of amides is 2. The number of carbonyl (C=O) groups is 2. The Bertz CT molecular complexity index is 542. The molecule has 0 spiro atoms. The summed E-state index contributed by atoms with van der Waals surface area (Å²) in [6.45, 7) is 4.23. The first-order valence-electron chi connectivity index (χ1n) is 8.95. The zero-order valence-corrected chi connectivity index (χ0v) is 16.6. The highest BCUT2D eigenvalue weighted by Crippen LogP contribution is 2.17. The van der Waals surface area contributed by atoms with Crippen LogP contribution in [0.2, 0.25) is 0 Å². The number of aryl methyl sites for hydroxylation is 1. The first-order chi connectivity index (χ1) is 11.6. The molecule has 5 nitrogen and oxygen atoms in total. The summed E-state index contributed by atoms with van der Waals surface area (Å²) in [4.78, 5) is 28.2. The van der Waals surface area contributed by atoms with E-state index in [1.807, 2.05) is 24.0 Å². The van der Waals surface area contributed by atoms with Gasteiger partial charge < -0.3 is 16.0 Å². The van der Waals surface area contributed by atoms with Crippen molar-refractivity contribution in [3.8, 4) is 0 Å². The Labute approximate surface area is 160 Å². The van der Waals surface area contributed by atoms with Crippen LogP contribution in [0.3, 0.4) is 0 Å². The number of hydrogen-bond donors (Lipinski definition) is 2. The lowest BCUT2D eigenvalue weighted by Gasteiger charge is -2.32. The Morgan fingerprint density at radius 2 is 1.88 bits per heavy atom. The van der Waals surface area contributed by atoms with E-state index in [2.05, 4.69) is 5.32 Å². The molecule has 0 atom stereocenters. The number of piperidine rings is 1. The van der Waals surface area contributed by atoms with E-state index in [4.69, 9.17) is 5.73 Å². The summed E-state index contributed by atoms with van der Waals surface area (Å²) in [5, 5.41) is 3.10. The number of likely N-dealkylation sites (tertiary alicyclic amines) is 1.